The highest BCUT2D eigenvalue weighted by atomic mass is 16.1. The summed E-state index contributed by atoms with van der Waals surface area (Å²) >= 11 is 0. The summed E-state index contributed by atoms with van der Waals surface area (Å²) in [4.78, 5) is 37.0. The molecule has 0 radical (unpaired) electrons. The lowest BCUT2D eigenvalue weighted by atomic mass is 10.1. The van der Waals surface area contributed by atoms with Gasteiger partial charge in [-0.05, 0) is 29.8 Å². The monoisotopic (exact) mass is 466 g/mol. The number of para-hydroxylation sites is 2. The van der Waals surface area contributed by atoms with Crippen molar-refractivity contribution in [1.29, 1.82) is 0 Å². The number of aromatic nitrogens is 3. The van der Waals surface area contributed by atoms with E-state index >= 15 is 0 Å². The average molecular weight is 467 g/mol. The molecule has 2 aliphatic rings. The number of nitrogens with one attached hydrogen (secondary N) is 2. The molecule has 0 bridgehead atoms. The van der Waals surface area contributed by atoms with Crippen molar-refractivity contribution in [3.05, 3.63) is 70.8 Å². The third kappa shape index (κ3) is 4.10. The number of hydrogen-bond acceptors (Lipinski definition) is 7. The highest BCUT2D eigenvalue weighted by molar-refractivity contribution is 6.00. The highest BCUT2D eigenvalue weighted by Crippen LogP contribution is 2.31. The minimum atomic E-state index is -0.264. The van der Waals surface area contributed by atoms with Gasteiger partial charge in [0.15, 0.2) is 5.69 Å². The van der Waals surface area contributed by atoms with Gasteiger partial charge in [-0.3, -0.25) is 14.7 Å². The third-order valence-electron chi connectivity index (χ3n) is 6.64. The molecule has 1 saturated heterocycles. The number of nitrogens with zero attached hydrogens (tertiary/aromatic N) is 5. The summed E-state index contributed by atoms with van der Waals surface area (Å²) in [6.07, 6.45) is 6.16. The number of rotatable bonds is 3. The highest BCUT2D eigenvalue weighted by Gasteiger charge is 2.21. The van der Waals surface area contributed by atoms with Gasteiger partial charge in [-0.1, -0.05) is 18.2 Å². The number of amidine groups is 1. The van der Waals surface area contributed by atoms with Crippen LogP contribution in [-0.2, 0) is 6.54 Å². The largest absolute Gasteiger partial charge is 0.396 e. The van der Waals surface area contributed by atoms with Crippen LogP contribution in [0.25, 0.3) is 33.3 Å². The van der Waals surface area contributed by atoms with Crippen molar-refractivity contribution in [2.24, 2.45) is 9.98 Å². The predicted octanol–water partition coefficient (Wildman–Crippen LogP) is 3.12. The molecule has 0 saturated carbocycles. The Kier molecular flexibility index (Phi) is 5.38. The van der Waals surface area contributed by atoms with Gasteiger partial charge in [-0.2, -0.15) is 0 Å². The normalized spacial score (nSPS) is 16.7. The molecular formula is C26H26N8O. The summed E-state index contributed by atoms with van der Waals surface area (Å²) in [6.45, 7) is 4.64. The first-order valence-electron chi connectivity index (χ1n) is 11.8. The molecule has 1 fully saturated rings. The Morgan fingerprint density at radius 3 is 2.71 bits per heavy atom. The van der Waals surface area contributed by atoms with Gasteiger partial charge in [0.1, 0.15) is 5.84 Å². The molecule has 0 amide bonds. The molecule has 2 aromatic carbocycles. The maximum Gasteiger partial charge on any atom is 0.276 e. The molecule has 2 aromatic heterocycles. The van der Waals surface area contributed by atoms with Crippen LogP contribution in [0, 0.1) is 0 Å². The van der Waals surface area contributed by atoms with Crippen molar-refractivity contribution >= 4 is 39.7 Å². The summed E-state index contributed by atoms with van der Waals surface area (Å²) in [5.41, 5.74) is 11.2. The van der Waals surface area contributed by atoms with E-state index in [0.29, 0.717) is 22.6 Å². The number of nitrogen functional groups attached to an aromatic ring is 1. The van der Waals surface area contributed by atoms with E-state index in [1.54, 1.807) is 12.4 Å². The van der Waals surface area contributed by atoms with Gasteiger partial charge in [0.05, 0.1) is 22.4 Å². The first-order valence-corrected chi connectivity index (χ1v) is 11.8. The zero-order valence-electron chi connectivity index (χ0n) is 19.2. The van der Waals surface area contributed by atoms with E-state index < -0.39 is 0 Å². The van der Waals surface area contributed by atoms with Gasteiger partial charge in [-0.15, -0.1) is 0 Å². The molecule has 2 aliphatic heterocycles. The molecule has 0 unspecified atom stereocenters. The number of anilines is 1. The molecule has 0 spiro atoms. The average Bonchev–Trinajstić information content (AvgIpc) is 3.03. The maximum atomic E-state index is 12.7. The van der Waals surface area contributed by atoms with Crippen LogP contribution in [0.5, 0.6) is 0 Å². The number of aromatic amines is 2. The van der Waals surface area contributed by atoms with Crippen LogP contribution in [0.15, 0.2) is 69.6 Å². The summed E-state index contributed by atoms with van der Waals surface area (Å²) in [7, 11) is 0. The number of aliphatic imine (C=N–C) groups is 2. The fourth-order valence-corrected chi connectivity index (χ4v) is 4.78. The van der Waals surface area contributed by atoms with Gasteiger partial charge >= 0.3 is 0 Å². The second-order valence-corrected chi connectivity index (χ2v) is 8.87. The van der Waals surface area contributed by atoms with Crippen LogP contribution in [0.3, 0.4) is 0 Å². The van der Waals surface area contributed by atoms with E-state index in [1.165, 1.54) is 5.56 Å². The molecule has 4 N–H and O–H groups in total. The lowest BCUT2D eigenvalue weighted by molar-refractivity contribution is 0.174. The lowest BCUT2D eigenvalue weighted by Crippen LogP contribution is -2.48. The van der Waals surface area contributed by atoms with Crippen molar-refractivity contribution in [2.45, 2.75) is 13.0 Å². The minimum absolute atomic E-state index is 0.264. The van der Waals surface area contributed by atoms with Crippen LogP contribution >= 0.6 is 0 Å². The number of H-pyrrole nitrogens is 2. The van der Waals surface area contributed by atoms with Crippen LogP contribution in [0.1, 0.15) is 12.0 Å². The van der Waals surface area contributed by atoms with Crippen LogP contribution in [0.4, 0.5) is 5.69 Å². The van der Waals surface area contributed by atoms with Gasteiger partial charge in [0.25, 0.3) is 5.56 Å². The molecule has 35 heavy (non-hydrogen) atoms. The number of piperazine rings is 1. The number of fused-ring (bicyclic) bond motifs is 2. The Morgan fingerprint density at radius 2 is 1.83 bits per heavy atom. The number of hydrogen-bond donors (Lipinski definition) is 3. The smallest absolute Gasteiger partial charge is 0.276 e. The molecule has 6 rings (SSSR count). The molecule has 176 valence electrons. The zero-order chi connectivity index (χ0) is 23.8. The zero-order valence-corrected chi connectivity index (χ0v) is 19.2. The van der Waals surface area contributed by atoms with Gasteiger partial charge in [-0.25, -0.2) is 9.98 Å². The summed E-state index contributed by atoms with van der Waals surface area (Å²) < 4.78 is 0. The first kappa shape index (κ1) is 21.3. The molecule has 9 nitrogen and oxygen atoms in total. The van der Waals surface area contributed by atoms with E-state index in [9.17, 15) is 4.79 Å². The Balaban J connectivity index is 1.22. The predicted molar refractivity (Wildman–Crippen MR) is 141 cm³/mol. The Hall–Kier alpha value is -4.24. The third-order valence-corrected chi connectivity index (χ3v) is 6.64. The Labute approximate surface area is 201 Å². The fraction of sp³-hybridized carbons (Fsp3) is 0.231. The van der Waals surface area contributed by atoms with Crippen molar-refractivity contribution in [1.82, 2.24) is 24.8 Å². The van der Waals surface area contributed by atoms with Crippen LogP contribution in [0.2, 0.25) is 0 Å². The lowest BCUT2D eigenvalue weighted by Gasteiger charge is -2.36. The van der Waals surface area contributed by atoms with E-state index in [-0.39, 0.29) is 5.56 Å². The van der Waals surface area contributed by atoms with E-state index in [4.69, 9.17) is 5.73 Å². The molecule has 9 heteroatoms. The Morgan fingerprint density at radius 1 is 0.971 bits per heavy atom. The van der Waals surface area contributed by atoms with Crippen molar-refractivity contribution in [2.75, 3.05) is 31.9 Å². The van der Waals surface area contributed by atoms with Gasteiger partial charge in [0, 0.05) is 68.7 Å². The topological polar surface area (TPSA) is 119 Å². The fourth-order valence-electron chi connectivity index (χ4n) is 4.78. The maximum absolute atomic E-state index is 12.7. The van der Waals surface area contributed by atoms with Crippen molar-refractivity contribution in [3.63, 3.8) is 0 Å². The van der Waals surface area contributed by atoms with E-state index in [0.717, 1.165) is 61.4 Å². The SMILES string of the molecule is Nc1c(-c2nc3ccccc3[nH]c2=O)[nH]c2ccc(CN3CCN(C4=NC=CN=CC4)CC3)cc12. The van der Waals surface area contributed by atoms with Crippen LogP contribution in [-0.4, -0.2) is 63.0 Å². The molecule has 0 atom stereocenters. The molecular weight excluding hydrogens is 440 g/mol. The molecule has 0 aliphatic carbocycles. The number of benzene rings is 2. The van der Waals surface area contributed by atoms with E-state index in [1.807, 2.05) is 36.5 Å². The summed E-state index contributed by atoms with van der Waals surface area (Å²) in [6, 6.07) is 13.7. The molecule has 4 aromatic rings. The summed E-state index contributed by atoms with van der Waals surface area (Å²) in [5, 5.41) is 0.907. The first-order chi connectivity index (χ1) is 17.2. The van der Waals surface area contributed by atoms with Gasteiger partial charge < -0.3 is 20.6 Å². The summed E-state index contributed by atoms with van der Waals surface area (Å²) in [5.74, 6) is 1.08. The van der Waals surface area contributed by atoms with Crippen molar-refractivity contribution < 1.29 is 0 Å². The van der Waals surface area contributed by atoms with E-state index in [2.05, 4.69) is 46.9 Å². The Bertz CT molecular complexity index is 1550. The standard InChI is InChI=1S/C26H26N8O/c27-23-18-15-17(16-33-11-13-34(14-12-33)22-7-8-28-9-10-29-22)5-6-19(18)30-24(23)25-26(35)32-21-4-2-1-3-20(21)31-25/h1-6,8-10,15,30H,7,11-14,16,27H2,(H,32,35). The minimum Gasteiger partial charge on any atom is -0.396 e. The van der Waals surface area contributed by atoms with Crippen LogP contribution < -0.4 is 11.3 Å². The second kappa shape index (κ2) is 8.84. The number of nitrogens with two attached hydrogens (primary N) is 1. The second-order valence-electron chi connectivity index (χ2n) is 8.87. The molecule has 4 heterocycles. The quantitative estimate of drug-likeness (QED) is 0.429. The van der Waals surface area contributed by atoms with Crippen molar-refractivity contribution in [3.8, 4) is 11.4 Å². The van der Waals surface area contributed by atoms with Gasteiger partial charge in [0.2, 0.25) is 0 Å².